The highest BCUT2D eigenvalue weighted by Crippen LogP contribution is 2.35. The number of hydrogen-bond acceptors (Lipinski definition) is 2. The van der Waals surface area contributed by atoms with E-state index >= 15 is 0 Å². The summed E-state index contributed by atoms with van der Waals surface area (Å²) in [5, 5.41) is 0. The van der Waals surface area contributed by atoms with E-state index in [9.17, 15) is 4.79 Å². The van der Waals surface area contributed by atoms with Gasteiger partial charge in [-0.25, -0.2) is 0 Å². The highest BCUT2D eigenvalue weighted by molar-refractivity contribution is 14.1. The number of halogens is 1. The smallest absolute Gasteiger partial charge is 0.316 e. The van der Waals surface area contributed by atoms with E-state index < -0.39 is 0 Å². The third kappa shape index (κ3) is 3.93. The minimum Gasteiger partial charge on any atom is -0.461 e. The predicted molar refractivity (Wildman–Crippen MR) is 70.1 cm³/mol. The lowest BCUT2D eigenvalue weighted by Gasteiger charge is -2.36. The Morgan fingerprint density at radius 1 is 1.47 bits per heavy atom. The SMILES string of the molecule is CC(C)[C@@H]1CC[C@@H](C)C[C@H]1OC(=O)CI. The third-order valence-corrected chi connectivity index (χ3v) is 3.98. The molecule has 88 valence electrons. The average Bonchev–Trinajstić information content (AvgIpc) is 2.17. The number of carbonyl (C=O) groups excluding carboxylic acids is 1. The molecule has 15 heavy (non-hydrogen) atoms. The highest BCUT2D eigenvalue weighted by Gasteiger charge is 2.32. The second kappa shape index (κ2) is 6.06. The van der Waals surface area contributed by atoms with Gasteiger partial charge in [-0.3, -0.25) is 4.79 Å². The van der Waals surface area contributed by atoms with E-state index in [1.54, 1.807) is 0 Å². The molecule has 0 aromatic carbocycles. The second-order valence-corrected chi connectivity index (χ2v) is 5.75. The van der Waals surface area contributed by atoms with Crippen molar-refractivity contribution < 1.29 is 9.53 Å². The molecule has 1 saturated carbocycles. The standard InChI is InChI=1S/C12H21IO2/c1-8(2)10-5-4-9(3)6-11(10)15-12(14)7-13/h8-11H,4-7H2,1-3H3/t9-,10+,11-/m1/s1. The van der Waals surface area contributed by atoms with Gasteiger partial charge in [0.25, 0.3) is 0 Å². The van der Waals surface area contributed by atoms with Crippen LogP contribution in [0.25, 0.3) is 0 Å². The Morgan fingerprint density at radius 2 is 2.13 bits per heavy atom. The summed E-state index contributed by atoms with van der Waals surface area (Å²) in [5.74, 6) is 1.82. The molecule has 0 bridgehead atoms. The monoisotopic (exact) mass is 324 g/mol. The van der Waals surface area contributed by atoms with Gasteiger partial charge in [0.05, 0.1) is 4.43 Å². The lowest BCUT2D eigenvalue weighted by atomic mass is 9.75. The van der Waals surface area contributed by atoms with Crippen LogP contribution in [-0.4, -0.2) is 16.5 Å². The topological polar surface area (TPSA) is 26.3 Å². The Bertz CT molecular complexity index is 216. The Hall–Kier alpha value is 0.200. The van der Waals surface area contributed by atoms with Gasteiger partial charge < -0.3 is 4.74 Å². The van der Waals surface area contributed by atoms with E-state index in [4.69, 9.17) is 4.74 Å². The zero-order valence-electron chi connectivity index (χ0n) is 9.83. The summed E-state index contributed by atoms with van der Waals surface area (Å²) in [5.41, 5.74) is 0. The summed E-state index contributed by atoms with van der Waals surface area (Å²) in [7, 11) is 0. The van der Waals surface area contributed by atoms with E-state index in [0.717, 1.165) is 6.42 Å². The van der Waals surface area contributed by atoms with Gasteiger partial charge in [0.15, 0.2) is 0 Å². The predicted octanol–water partition coefficient (Wildman–Crippen LogP) is 3.43. The molecule has 0 saturated heterocycles. The number of carbonyl (C=O) groups is 1. The van der Waals surface area contributed by atoms with Crippen LogP contribution in [0.5, 0.6) is 0 Å². The van der Waals surface area contributed by atoms with Crippen LogP contribution >= 0.6 is 22.6 Å². The molecule has 1 aliphatic rings. The van der Waals surface area contributed by atoms with Crippen molar-refractivity contribution in [3.05, 3.63) is 0 Å². The van der Waals surface area contributed by atoms with Gasteiger partial charge in [-0.2, -0.15) is 0 Å². The summed E-state index contributed by atoms with van der Waals surface area (Å²) in [4.78, 5) is 11.3. The van der Waals surface area contributed by atoms with Crippen molar-refractivity contribution in [3.63, 3.8) is 0 Å². The fourth-order valence-electron chi connectivity index (χ4n) is 2.45. The lowest BCUT2D eigenvalue weighted by Crippen LogP contribution is -2.36. The second-order valence-electron chi connectivity index (χ2n) is 4.99. The highest BCUT2D eigenvalue weighted by atomic mass is 127. The fourth-order valence-corrected chi connectivity index (χ4v) is 2.63. The zero-order chi connectivity index (χ0) is 11.4. The minimum absolute atomic E-state index is 0.0552. The first-order valence-electron chi connectivity index (χ1n) is 5.80. The van der Waals surface area contributed by atoms with E-state index in [1.807, 2.05) is 0 Å². The molecule has 0 unspecified atom stereocenters. The molecule has 3 heteroatoms. The van der Waals surface area contributed by atoms with Crippen LogP contribution in [-0.2, 0) is 9.53 Å². The van der Waals surface area contributed by atoms with Crippen LogP contribution in [0.15, 0.2) is 0 Å². The minimum atomic E-state index is -0.0552. The summed E-state index contributed by atoms with van der Waals surface area (Å²) < 4.78 is 6.00. The molecule has 2 nitrogen and oxygen atoms in total. The Labute approximate surface area is 106 Å². The molecule has 1 fully saturated rings. The number of rotatable bonds is 3. The van der Waals surface area contributed by atoms with Crippen LogP contribution in [0.2, 0.25) is 0 Å². The maximum Gasteiger partial charge on any atom is 0.316 e. The van der Waals surface area contributed by atoms with Gasteiger partial charge in [0.1, 0.15) is 6.10 Å². The molecule has 0 aromatic heterocycles. The molecule has 0 N–H and O–H groups in total. The quantitative estimate of drug-likeness (QED) is 0.452. The van der Waals surface area contributed by atoms with Gasteiger partial charge in [-0.1, -0.05) is 49.8 Å². The molecule has 0 spiro atoms. The van der Waals surface area contributed by atoms with Crippen LogP contribution in [0, 0.1) is 17.8 Å². The van der Waals surface area contributed by atoms with Crippen molar-refractivity contribution in [1.82, 2.24) is 0 Å². The van der Waals surface area contributed by atoms with E-state index in [1.165, 1.54) is 12.8 Å². The molecule has 0 radical (unpaired) electrons. The third-order valence-electron chi connectivity index (χ3n) is 3.35. The number of esters is 1. The van der Waals surface area contributed by atoms with Gasteiger partial charge in [-0.05, 0) is 30.6 Å². The van der Waals surface area contributed by atoms with Crippen LogP contribution in [0.1, 0.15) is 40.0 Å². The summed E-state index contributed by atoms with van der Waals surface area (Å²) in [6.45, 7) is 6.71. The Balaban J connectivity index is 2.57. The first kappa shape index (κ1) is 13.3. The first-order chi connectivity index (χ1) is 7.04. The molecule has 0 amide bonds. The molecule has 3 atom stereocenters. The average molecular weight is 324 g/mol. The normalized spacial score (nSPS) is 31.7. The van der Waals surface area contributed by atoms with E-state index in [0.29, 0.717) is 22.2 Å². The lowest BCUT2D eigenvalue weighted by molar-refractivity contribution is -0.152. The van der Waals surface area contributed by atoms with Crippen molar-refractivity contribution in [2.75, 3.05) is 4.43 Å². The number of ether oxygens (including phenoxy) is 1. The van der Waals surface area contributed by atoms with Crippen LogP contribution in [0.4, 0.5) is 0 Å². The van der Waals surface area contributed by atoms with Crippen LogP contribution < -0.4 is 0 Å². The molecular weight excluding hydrogens is 303 g/mol. The maximum atomic E-state index is 11.3. The molecule has 1 aliphatic carbocycles. The summed E-state index contributed by atoms with van der Waals surface area (Å²) >= 11 is 2.06. The Kier molecular flexibility index (Phi) is 5.36. The van der Waals surface area contributed by atoms with Gasteiger partial charge in [0, 0.05) is 0 Å². The Morgan fingerprint density at radius 3 is 2.67 bits per heavy atom. The molecule has 0 aliphatic heterocycles. The van der Waals surface area contributed by atoms with Gasteiger partial charge in [0.2, 0.25) is 0 Å². The number of alkyl halides is 1. The van der Waals surface area contributed by atoms with Crippen molar-refractivity contribution in [3.8, 4) is 0 Å². The summed E-state index contributed by atoms with van der Waals surface area (Å²) in [6, 6.07) is 0. The molecule has 0 heterocycles. The van der Waals surface area contributed by atoms with Gasteiger partial charge in [-0.15, -0.1) is 0 Å². The maximum absolute atomic E-state index is 11.3. The molecular formula is C12H21IO2. The van der Waals surface area contributed by atoms with Crippen molar-refractivity contribution in [1.29, 1.82) is 0 Å². The zero-order valence-corrected chi connectivity index (χ0v) is 12.0. The molecule has 0 aromatic rings. The van der Waals surface area contributed by atoms with Crippen molar-refractivity contribution in [2.24, 2.45) is 17.8 Å². The van der Waals surface area contributed by atoms with Crippen molar-refractivity contribution >= 4 is 28.6 Å². The molecule has 1 rings (SSSR count). The van der Waals surface area contributed by atoms with E-state index in [2.05, 4.69) is 43.4 Å². The van der Waals surface area contributed by atoms with E-state index in [-0.39, 0.29) is 12.1 Å². The van der Waals surface area contributed by atoms with Crippen LogP contribution in [0.3, 0.4) is 0 Å². The number of hydrogen-bond donors (Lipinski definition) is 0. The fraction of sp³-hybridized carbons (Fsp3) is 0.917. The van der Waals surface area contributed by atoms with Crippen molar-refractivity contribution in [2.45, 2.75) is 46.1 Å². The summed E-state index contributed by atoms with van der Waals surface area (Å²) in [6.07, 6.45) is 3.70. The van der Waals surface area contributed by atoms with Gasteiger partial charge >= 0.3 is 5.97 Å². The first-order valence-corrected chi connectivity index (χ1v) is 7.32. The largest absolute Gasteiger partial charge is 0.461 e.